The highest BCUT2D eigenvalue weighted by molar-refractivity contribution is 7.15. The van der Waals surface area contributed by atoms with Crippen LogP contribution in [0.3, 0.4) is 0 Å². The zero-order chi connectivity index (χ0) is 13.4. The maximum Gasteiger partial charge on any atom is 0.185 e. The molecule has 3 rings (SSSR count). The zero-order valence-corrected chi connectivity index (χ0v) is 12.6. The van der Waals surface area contributed by atoms with Gasteiger partial charge in [-0.1, -0.05) is 6.92 Å². The van der Waals surface area contributed by atoms with Crippen LogP contribution in [0, 0.1) is 5.92 Å². The second-order valence-corrected chi connectivity index (χ2v) is 6.85. The lowest BCUT2D eigenvalue weighted by Crippen LogP contribution is -2.43. The van der Waals surface area contributed by atoms with Gasteiger partial charge in [0.05, 0.1) is 11.8 Å². The molecule has 1 fully saturated rings. The fourth-order valence-corrected chi connectivity index (χ4v) is 4.30. The Morgan fingerprint density at radius 3 is 3.00 bits per heavy atom. The Kier molecular flexibility index (Phi) is 3.78. The summed E-state index contributed by atoms with van der Waals surface area (Å²) in [5.41, 5.74) is 7.32. The summed E-state index contributed by atoms with van der Waals surface area (Å²) in [7, 11) is 1.81. The largest absolute Gasteiger partial charge is 0.379 e. The maximum absolute atomic E-state index is 6.17. The number of aryl methyl sites for hydroxylation is 1. The second-order valence-electron chi connectivity index (χ2n) is 5.79. The summed E-state index contributed by atoms with van der Waals surface area (Å²) < 4.78 is 5.59. The summed E-state index contributed by atoms with van der Waals surface area (Å²) in [6.07, 6.45) is 4.93. The van der Waals surface area contributed by atoms with Crippen molar-refractivity contribution < 1.29 is 4.74 Å². The van der Waals surface area contributed by atoms with Crippen LogP contribution in [0.1, 0.15) is 42.8 Å². The number of aromatic nitrogens is 1. The van der Waals surface area contributed by atoms with Crippen LogP contribution in [0.2, 0.25) is 0 Å². The van der Waals surface area contributed by atoms with Crippen LogP contribution in [0.25, 0.3) is 0 Å². The van der Waals surface area contributed by atoms with Gasteiger partial charge in [-0.15, -0.1) is 11.3 Å². The van der Waals surface area contributed by atoms with Gasteiger partial charge in [-0.25, -0.2) is 4.98 Å². The number of hydrogen-bond acceptors (Lipinski definition) is 5. The first-order chi connectivity index (χ1) is 9.19. The van der Waals surface area contributed by atoms with Crippen molar-refractivity contribution in [3.05, 3.63) is 10.6 Å². The Bertz CT molecular complexity index is 448. The van der Waals surface area contributed by atoms with Crippen molar-refractivity contribution in [3.63, 3.8) is 0 Å². The van der Waals surface area contributed by atoms with Gasteiger partial charge in [0.2, 0.25) is 0 Å². The van der Waals surface area contributed by atoms with Crippen LogP contribution in [-0.2, 0) is 11.2 Å². The highest BCUT2D eigenvalue weighted by atomic mass is 32.1. The van der Waals surface area contributed by atoms with Gasteiger partial charge in [0, 0.05) is 31.1 Å². The number of hydrogen-bond donors (Lipinski definition) is 1. The molecule has 1 aliphatic carbocycles. The molecule has 2 heterocycles. The van der Waals surface area contributed by atoms with Gasteiger partial charge in [-0.2, -0.15) is 0 Å². The Morgan fingerprint density at radius 1 is 1.42 bits per heavy atom. The standard InChI is InChI=1S/C14H23N3OS/c1-9-6-7-17(8-11(9)18-2)14-16-13-10(15)4-3-5-12(13)19-14/h9-11H,3-8,15H2,1-2H3. The van der Waals surface area contributed by atoms with Crippen molar-refractivity contribution >= 4 is 16.5 Å². The maximum atomic E-state index is 6.17. The van der Waals surface area contributed by atoms with Crippen LogP contribution in [-0.4, -0.2) is 31.3 Å². The van der Waals surface area contributed by atoms with Crippen molar-refractivity contribution in [2.45, 2.75) is 44.8 Å². The molecule has 0 bridgehead atoms. The molecule has 0 amide bonds. The molecule has 0 aromatic carbocycles. The lowest BCUT2D eigenvalue weighted by atomic mass is 9.96. The van der Waals surface area contributed by atoms with Gasteiger partial charge in [-0.3, -0.25) is 0 Å². The van der Waals surface area contributed by atoms with Crippen molar-refractivity contribution in [1.82, 2.24) is 4.98 Å². The van der Waals surface area contributed by atoms with E-state index in [2.05, 4.69) is 11.8 Å². The predicted molar refractivity (Wildman–Crippen MR) is 78.8 cm³/mol. The molecule has 4 nitrogen and oxygen atoms in total. The SMILES string of the molecule is COC1CN(c2nc3c(s2)CCCC3N)CCC1C. The first kappa shape index (κ1) is 13.3. The molecule has 1 aliphatic heterocycles. The molecule has 1 aromatic heterocycles. The van der Waals surface area contributed by atoms with E-state index in [0.29, 0.717) is 12.0 Å². The Labute approximate surface area is 119 Å². The normalized spacial score (nSPS) is 31.3. The predicted octanol–water partition coefficient (Wildman–Crippen LogP) is 2.34. The average Bonchev–Trinajstić information content (AvgIpc) is 2.85. The van der Waals surface area contributed by atoms with E-state index in [1.54, 1.807) is 0 Å². The molecular formula is C14H23N3OS. The minimum absolute atomic E-state index is 0.149. The molecule has 1 saturated heterocycles. The van der Waals surface area contributed by atoms with E-state index >= 15 is 0 Å². The molecule has 5 heteroatoms. The highest BCUT2D eigenvalue weighted by Crippen LogP contribution is 2.37. The Balaban J connectivity index is 1.79. The number of nitrogens with zero attached hydrogens (tertiary/aromatic N) is 2. The molecule has 3 atom stereocenters. The monoisotopic (exact) mass is 281 g/mol. The van der Waals surface area contributed by atoms with Gasteiger partial charge in [0.1, 0.15) is 0 Å². The van der Waals surface area contributed by atoms with Gasteiger partial charge in [-0.05, 0) is 31.6 Å². The first-order valence-electron chi connectivity index (χ1n) is 7.22. The lowest BCUT2D eigenvalue weighted by Gasteiger charge is -2.36. The van der Waals surface area contributed by atoms with E-state index in [0.717, 1.165) is 36.8 Å². The molecule has 3 unspecified atom stereocenters. The van der Waals surface area contributed by atoms with Crippen LogP contribution in [0.4, 0.5) is 5.13 Å². The third kappa shape index (κ3) is 2.51. The highest BCUT2D eigenvalue weighted by Gasteiger charge is 2.29. The minimum Gasteiger partial charge on any atom is -0.379 e. The third-order valence-electron chi connectivity index (χ3n) is 4.45. The summed E-state index contributed by atoms with van der Waals surface area (Å²) >= 11 is 1.84. The molecule has 106 valence electrons. The fraction of sp³-hybridized carbons (Fsp3) is 0.786. The van der Waals surface area contributed by atoms with Crippen LogP contribution < -0.4 is 10.6 Å². The van der Waals surface area contributed by atoms with Crippen molar-refractivity contribution in [3.8, 4) is 0 Å². The van der Waals surface area contributed by atoms with Gasteiger partial charge < -0.3 is 15.4 Å². The summed E-state index contributed by atoms with van der Waals surface area (Å²) in [5, 5.41) is 1.15. The summed E-state index contributed by atoms with van der Waals surface area (Å²) in [6.45, 7) is 4.32. The number of anilines is 1. The Morgan fingerprint density at radius 2 is 2.26 bits per heavy atom. The van der Waals surface area contributed by atoms with E-state index in [-0.39, 0.29) is 6.04 Å². The lowest BCUT2D eigenvalue weighted by molar-refractivity contribution is 0.0498. The average molecular weight is 281 g/mol. The van der Waals surface area contributed by atoms with E-state index in [4.69, 9.17) is 15.5 Å². The van der Waals surface area contributed by atoms with E-state index in [1.807, 2.05) is 18.4 Å². The summed E-state index contributed by atoms with van der Waals surface area (Å²) in [6, 6.07) is 0.149. The van der Waals surface area contributed by atoms with E-state index < -0.39 is 0 Å². The van der Waals surface area contributed by atoms with Gasteiger partial charge in [0.25, 0.3) is 0 Å². The van der Waals surface area contributed by atoms with Gasteiger partial charge >= 0.3 is 0 Å². The van der Waals surface area contributed by atoms with Crippen LogP contribution in [0.5, 0.6) is 0 Å². The number of ether oxygens (including phenoxy) is 1. The van der Waals surface area contributed by atoms with Crippen LogP contribution >= 0.6 is 11.3 Å². The van der Waals surface area contributed by atoms with Crippen molar-refractivity contribution in [2.24, 2.45) is 11.7 Å². The number of methoxy groups -OCH3 is 1. The molecule has 0 saturated carbocycles. The van der Waals surface area contributed by atoms with Crippen LogP contribution in [0.15, 0.2) is 0 Å². The van der Waals surface area contributed by atoms with Crippen molar-refractivity contribution in [1.29, 1.82) is 0 Å². The van der Waals surface area contributed by atoms with Crippen molar-refractivity contribution in [2.75, 3.05) is 25.1 Å². The molecule has 0 radical (unpaired) electrons. The minimum atomic E-state index is 0.149. The van der Waals surface area contributed by atoms with Gasteiger partial charge in [0.15, 0.2) is 5.13 Å². The van der Waals surface area contributed by atoms with E-state index in [1.165, 1.54) is 17.7 Å². The number of fused-ring (bicyclic) bond motifs is 1. The molecule has 0 spiro atoms. The van der Waals surface area contributed by atoms with E-state index in [9.17, 15) is 0 Å². The molecule has 1 aromatic rings. The third-order valence-corrected chi connectivity index (χ3v) is 5.64. The summed E-state index contributed by atoms with van der Waals surface area (Å²) in [4.78, 5) is 8.60. The molecule has 19 heavy (non-hydrogen) atoms. The topological polar surface area (TPSA) is 51.4 Å². The number of thiazole rings is 1. The Hall–Kier alpha value is -0.650. The summed E-state index contributed by atoms with van der Waals surface area (Å²) in [5.74, 6) is 0.637. The molecule has 2 N–H and O–H groups in total. The quantitative estimate of drug-likeness (QED) is 0.904. The first-order valence-corrected chi connectivity index (χ1v) is 8.03. The number of piperidine rings is 1. The number of nitrogens with two attached hydrogens (primary N) is 1. The fourth-order valence-electron chi connectivity index (χ4n) is 3.09. The zero-order valence-electron chi connectivity index (χ0n) is 11.8. The second kappa shape index (κ2) is 5.38. The number of rotatable bonds is 2. The molecular weight excluding hydrogens is 258 g/mol. The molecule has 2 aliphatic rings. The smallest absolute Gasteiger partial charge is 0.185 e.